The highest BCUT2D eigenvalue weighted by Crippen LogP contribution is 2.01. The van der Waals surface area contributed by atoms with Crippen LogP contribution < -0.4 is 0 Å². The van der Waals surface area contributed by atoms with Crippen LogP contribution in [0.3, 0.4) is 0 Å². The predicted molar refractivity (Wildman–Crippen MR) is 69.2 cm³/mol. The largest absolute Gasteiger partial charge is 0.314 e. The van der Waals surface area contributed by atoms with Gasteiger partial charge >= 0.3 is 0 Å². The van der Waals surface area contributed by atoms with E-state index in [1.807, 2.05) is 24.3 Å². The molecule has 4 heteroatoms. The van der Waals surface area contributed by atoms with Crippen molar-refractivity contribution in [2.75, 3.05) is 13.1 Å². The molecule has 0 unspecified atom stereocenters. The molecule has 2 aromatic rings. The van der Waals surface area contributed by atoms with Gasteiger partial charge in [0.05, 0.1) is 0 Å². The van der Waals surface area contributed by atoms with Gasteiger partial charge in [0.2, 0.25) is 0 Å². The molecule has 0 aromatic carbocycles. The monoisotopic (exact) mass is 243 g/mol. The van der Waals surface area contributed by atoms with Crippen LogP contribution >= 0.6 is 0 Å². The summed E-state index contributed by atoms with van der Waals surface area (Å²) < 4.78 is 0. The van der Waals surface area contributed by atoms with E-state index in [1.165, 1.54) is 16.2 Å². The second kappa shape index (κ2) is 6.83. The van der Waals surface area contributed by atoms with Gasteiger partial charge in [0, 0.05) is 37.9 Å². The van der Waals surface area contributed by atoms with Gasteiger partial charge in [-0.05, 0) is 48.2 Å². The number of hydroxylamine groups is 2. The van der Waals surface area contributed by atoms with Crippen LogP contribution in [-0.2, 0) is 12.8 Å². The molecule has 0 aliphatic heterocycles. The minimum Gasteiger partial charge on any atom is -0.314 e. The maximum Gasteiger partial charge on any atom is 0.0278 e. The molecule has 2 aromatic heterocycles. The highest BCUT2D eigenvalue weighted by molar-refractivity contribution is 5.11. The van der Waals surface area contributed by atoms with E-state index in [2.05, 4.69) is 9.97 Å². The predicted octanol–water partition coefficient (Wildman–Crippen LogP) is 1.95. The quantitative estimate of drug-likeness (QED) is 0.788. The van der Waals surface area contributed by atoms with Crippen molar-refractivity contribution in [1.82, 2.24) is 15.0 Å². The molecular weight excluding hydrogens is 226 g/mol. The Morgan fingerprint density at radius 2 is 1.17 bits per heavy atom. The minimum absolute atomic E-state index is 0.634. The molecule has 2 rings (SSSR count). The Bertz CT molecular complexity index is 404. The summed E-state index contributed by atoms with van der Waals surface area (Å²) >= 11 is 0. The Labute approximate surface area is 107 Å². The molecule has 0 amide bonds. The minimum atomic E-state index is 0.634. The van der Waals surface area contributed by atoms with Crippen LogP contribution in [0, 0.1) is 0 Å². The first-order valence-corrected chi connectivity index (χ1v) is 6.06. The Morgan fingerprint density at radius 3 is 1.56 bits per heavy atom. The number of pyridine rings is 2. The first-order valence-electron chi connectivity index (χ1n) is 6.06. The molecule has 2 heterocycles. The highest BCUT2D eigenvalue weighted by Gasteiger charge is 2.02. The fourth-order valence-corrected chi connectivity index (χ4v) is 1.73. The van der Waals surface area contributed by atoms with Crippen molar-refractivity contribution in [2.45, 2.75) is 12.8 Å². The summed E-state index contributed by atoms with van der Waals surface area (Å²) in [5.41, 5.74) is 2.38. The van der Waals surface area contributed by atoms with E-state index in [4.69, 9.17) is 0 Å². The highest BCUT2D eigenvalue weighted by atomic mass is 16.5. The smallest absolute Gasteiger partial charge is 0.0278 e. The molecule has 0 aliphatic carbocycles. The van der Waals surface area contributed by atoms with Crippen molar-refractivity contribution in [1.29, 1.82) is 0 Å². The van der Waals surface area contributed by atoms with Crippen LogP contribution in [0.5, 0.6) is 0 Å². The number of hydrogen-bond donors (Lipinski definition) is 1. The van der Waals surface area contributed by atoms with Gasteiger partial charge < -0.3 is 5.21 Å². The van der Waals surface area contributed by atoms with E-state index < -0.39 is 0 Å². The van der Waals surface area contributed by atoms with Crippen LogP contribution in [0.15, 0.2) is 49.1 Å². The molecule has 0 spiro atoms. The van der Waals surface area contributed by atoms with Gasteiger partial charge in [-0.1, -0.05) is 0 Å². The van der Waals surface area contributed by atoms with Gasteiger partial charge in [0.15, 0.2) is 0 Å². The zero-order valence-electron chi connectivity index (χ0n) is 10.2. The Balaban J connectivity index is 1.71. The average Bonchev–Trinajstić information content (AvgIpc) is 2.45. The molecule has 0 saturated carbocycles. The van der Waals surface area contributed by atoms with Crippen LogP contribution in [0.25, 0.3) is 0 Å². The van der Waals surface area contributed by atoms with E-state index in [9.17, 15) is 5.21 Å². The maximum absolute atomic E-state index is 9.77. The molecule has 4 nitrogen and oxygen atoms in total. The van der Waals surface area contributed by atoms with Crippen LogP contribution in [0.1, 0.15) is 11.1 Å². The van der Waals surface area contributed by atoms with Gasteiger partial charge in [-0.2, -0.15) is 5.06 Å². The van der Waals surface area contributed by atoms with Gasteiger partial charge in [0.25, 0.3) is 0 Å². The Hall–Kier alpha value is -1.78. The third-order valence-electron chi connectivity index (χ3n) is 2.82. The summed E-state index contributed by atoms with van der Waals surface area (Å²) in [6.07, 6.45) is 8.74. The van der Waals surface area contributed by atoms with Crippen molar-refractivity contribution >= 4 is 0 Å². The maximum atomic E-state index is 9.77. The van der Waals surface area contributed by atoms with Crippen LogP contribution in [-0.4, -0.2) is 33.3 Å². The molecule has 0 fully saturated rings. The first kappa shape index (κ1) is 12.7. The van der Waals surface area contributed by atoms with Crippen molar-refractivity contribution in [3.05, 3.63) is 60.2 Å². The molecule has 0 atom stereocenters. The van der Waals surface area contributed by atoms with Crippen molar-refractivity contribution in [3.63, 3.8) is 0 Å². The zero-order chi connectivity index (χ0) is 12.6. The van der Waals surface area contributed by atoms with Crippen molar-refractivity contribution < 1.29 is 5.21 Å². The number of aromatic nitrogens is 2. The summed E-state index contributed by atoms with van der Waals surface area (Å²) in [5, 5.41) is 11.1. The topological polar surface area (TPSA) is 49.2 Å². The SMILES string of the molecule is ON(CCc1ccncc1)CCc1ccncc1. The van der Waals surface area contributed by atoms with E-state index in [1.54, 1.807) is 24.8 Å². The van der Waals surface area contributed by atoms with Gasteiger partial charge in [-0.3, -0.25) is 9.97 Å². The summed E-state index contributed by atoms with van der Waals surface area (Å²) in [6, 6.07) is 7.88. The molecule has 94 valence electrons. The molecule has 1 N–H and O–H groups in total. The van der Waals surface area contributed by atoms with Gasteiger partial charge in [0.1, 0.15) is 0 Å². The summed E-state index contributed by atoms with van der Waals surface area (Å²) in [7, 11) is 0. The molecular formula is C14H17N3O. The number of nitrogens with zero attached hydrogens (tertiary/aromatic N) is 3. The Kier molecular flexibility index (Phi) is 4.81. The lowest BCUT2D eigenvalue weighted by Gasteiger charge is -2.14. The van der Waals surface area contributed by atoms with Crippen molar-refractivity contribution in [2.24, 2.45) is 0 Å². The lowest BCUT2D eigenvalue weighted by atomic mass is 10.2. The van der Waals surface area contributed by atoms with E-state index in [0.717, 1.165) is 12.8 Å². The molecule has 0 aliphatic rings. The summed E-state index contributed by atoms with van der Waals surface area (Å²) in [5.74, 6) is 0. The first-order chi connectivity index (χ1) is 8.84. The third-order valence-corrected chi connectivity index (χ3v) is 2.82. The van der Waals surface area contributed by atoms with E-state index in [-0.39, 0.29) is 0 Å². The molecule has 0 saturated heterocycles. The van der Waals surface area contributed by atoms with E-state index >= 15 is 0 Å². The fraction of sp³-hybridized carbons (Fsp3) is 0.286. The molecule has 0 radical (unpaired) electrons. The van der Waals surface area contributed by atoms with E-state index in [0.29, 0.717) is 13.1 Å². The van der Waals surface area contributed by atoms with Gasteiger partial charge in [-0.25, -0.2) is 0 Å². The van der Waals surface area contributed by atoms with Gasteiger partial charge in [-0.15, -0.1) is 0 Å². The number of rotatable bonds is 6. The zero-order valence-corrected chi connectivity index (χ0v) is 10.2. The lowest BCUT2D eigenvalue weighted by molar-refractivity contribution is -0.0886. The summed E-state index contributed by atoms with van der Waals surface area (Å²) in [4.78, 5) is 7.93. The molecule has 0 bridgehead atoms. The standard InChI is InChI=1S/C14H17N3O/c18-17(11-5-13-1-7-15-8-2-13)12-6-14-3-9-16-10-4-14/h1-4,7-10,18H,5-6,11-12H2. The molecule has 18 heavy (non-hydrogen) atoms. The van der Waals surface area contributed by atoms with Crippen LogP contribution in [0.2, 0.25) is 0 Å². The van der Waals surface area contributed by atoms with Crippen molar-refractivity contribution in [3.8, 4) is 0 Å². The summed E-state index contributed by atoms with van der Waals surface area (Å²) in [6.45, 7) is 1.27. The second-order valence-electron chi connectivity index (χ2n) is 4.16. The fourth-order valence-electron chi connectivity index (χ4n) is 1.73. The normalized spacial score (nSPS) is 10.8. The van der Waals surface area contributed by atoms with Crippen LogP contribution in [0.4, 0.5) is 0 Å². The lowest BCUT2D eigenvalue weighted by Crippen LogP contribution is -2.24. The third kappa shape index (κ3) is 4.24. The second-order valence-corrected chi connectivity index (χ2v) is 4.16. The average molecular weight is 243 g/mol. The number of hydrogen-bond acceptors (Lipinski definition) is 4. The Morgan fingerprint density at radius 1 is 0.778 bits per heavy atom.